The molecule has 6 heteroatoms. The maximum absolute atomic E-state index is 5.60. The molecule has 0 fully saturated rings. The first-order chi connectivity index (χ1) is 9.28. The van der Waals surface area contributed by atoms with E-state index in [1.54, 1.807) is 20.3 Å². The van der Waals surface area contributed by atoms with E-state index in [9.17, 15) is 0 Å². The first-order valence-corrected chi connectivity index (χ1v) is 5.76. The van der Waals surface area contributed by atoms with Crippen molar-refractivity contribution < 1.29 is 9.47 Å². The Hall–Kier alpha value is -2.18. The van der Waals surface area contributed by atoms with Gasteiger partial charge in [0.15, 0.2) is 0 Å². The Labute approximate surface area is 111 Å². The molecule has 1 heterocycles. The number of nitrogens with zero attached hydrogens (tertiary/aromatic N) is 2. The zero-order valence-corrected chi connectivity index (χ0v) is 10.8. The van der Waals surface area contributed by atoms with Gasteiger partial charge in [-0.2, -0.15) is 0 Å². The molecule has 1 atom stereocenters. The highest BCUT2D eigenvalue weighted by molar-refractivity contribution is 5.33. The number of ether oxygens (including phenoxy) is 2. The summed E-state index contributed by atoms with van der Waals surface area (Å²) in [5.74, 6) is 6.86. The van der Waals surface area contributed by atoms with Crippen LogP contribution in [0.25, 0.3) is 0 Å². The summed E-state index contributed by atoms with van der Waals surface area (Å²) in [5, 5.41) is 8.02. The number of aromatic nitrogens is 2. The van der Waals surface area contributed by atoms with Gasteiger partial charge in [0.25, 0.3) is 0 Å². The maximum atomic E-state index is 5.60. The monoisotopic (exact) mass is 260 g/mol. The molecule has 0 saturated heterocycles. The Morgan fingerprint density at radius 2 is 1.74 bits per heavy atom. The predicted molar refractivity (Wildman–Crippen MR) is 70.7 cm³/mol. The third-order valence-electron chi connectivity index (χ3n) is 2.78. The summed E-state index contributed by atoms with van der Waals surface area (Å²) in [7, 11) is 3.18. The Morgan fingerprint density at radius 1 is 1.00 bits per heavy atom. The molecule has 3 N–H and O–H groups in total. The molecule has 2 rings (SSSR count). The van der Waals surface area contributed by atoms with E-state index < -0.39 is 0 Å². The molecule has 0 radical (unpaired) electrons. The van der Waals surface area contributed by atoms with Gasteiger partial charge in [-0.3, -0.25) is 5.84 Å². The Balaban J connectivity index is 2.26. The lowest BCUT2D eigenvalue weighted by Gasteiger charge is -2.15. The van der Waals surface area contributed by atoms with Gasteiger partial charge in [0.05, 0.1) is 26.0 Å². The number of methoxy groups -OCH3 is 2. The lowest BCUT2D eigenvalue weighted by Crippen LogP contribution is -2.29. The van der Waals surface area contributed by atoms with E-state index >= 15 is 0 Å². The first-order valence-electron chi connectivity index (χ1n) is 5.76. The molecule has 0 aliphatic carbocycles. The van der Waals surface area contributed by atoms with E-state index in [0.29, 0.717) is 11.6 Å². The summed E-state index contributed by atoms with van der Waals surface area (Å²) < 4.78 is 10.1. The molecule has 100 valence electrons. The van der Waals surface area contributed by atoms with Crippen LogP contribution >= 0.6 is 0 Å². The minimum absolute atomic E-state index is 0.232. The molecule has 2 aromatic rings. The van der Waals surface area contributed by atoms with E-state index in [1.165, 1.54) is 0 Å². The van der Waals surface area contributed by atoms with Crippen molar-refractivity contribution in [2.24, 2.45) is 5.84 Å². The fraction of sp³-hybridized carbons (Fsp3) is 0.231. The third-order valence-corrected chi connectivity index (χ3v) is 2.78. The molecular weight excluding hydrogens is 244 g/mol. The van der Waals surface area contributed by atoms with Crippen LogP contribution in [0, 0.1) is 0 Å². The quantitative estimate of drug-likeness (QED) is 0.617. The SMILES string of the molecule is COc1ccc(C(NN)c2ccc(OC)nn2)cc1. The summed E-state index contributed by atoms with van der Waals surface area (Å²) in [6.07, 6.45) is 0. The predicted octanol–water partition coefficient (Wildman–Crippen LogP) is 1.05. The van der Waals surface area contributed by atoms with Crippen LogP contribution in [-0.2, 0) is 0 Å². The van der Waals surface area contributed by atoms with Crippen LogP contribution in [-0.4, -0.2) is 24.4 Å². The van der Waals surface area contributed by atoms with Crippen LogP contribution in [0.2, 0.25) is 0 Å². The summed E-state index contributed by atoms with van der Waals surface area (Å²) in [4.78, 5) is 0. The van der Waals surface area contributed by atoms with Gasteiger partial charge in [-0.15, -0.1) is 10.2 Å². The molecule has 1 aromatic heterocycles. The fourth-order valence-electron chi connectivity index (χ4n) is 1.74. The van der Waals surface area contributed by atoms with E-state index in [-0.39, 0.29) is 6.04 Å². The number of nitrogens with one attached hydrogen (secondary N) is 1. The van der Waals surface area contributed by atoms with Crippen molar-refractivity contribution in [1.29, 1.82) is 0 Å². The van der Waals surface area contributed by atoms with Crippen LogP contribution in [0.5, 0.6) is 11.6 Å². The molecule has 0 saturated carbocycles. The van der Waals surface area contributed by atoms with Gasteiger partial charge >= 0.3 is 0 Å². The zero-order chi connectivity index (χ0) is 13.7. The molecule has 19 heavy (non-hydrogen) atoms. The second-order valence-electron chi connectivity index (χ2n) is 3.87. The van der Waals surface area contributed by atoms with Crippen LogP contribution in [0.15, 0.2) is 36.4 Å². The van der Waals surface area contributed by atoms with Crippen molar-refractivity contribution in [2.75, 3.05) is 14.2 Å². The second kappa shape index (κ2) is 6.12. The van der Waals surface area contributed by atoms with Gasteiger partial charge in [0.2, 0.25) is 5.88 Å². The Kier molecular flexibility index (Phi) is 4.27. The van der Waals surface area contributed by atoms with Crippen molar-refractivity contribution in [3.63, 3.8) is 0 Å². The van der Waals surface area contributed by atoms with Gasteiger partial charge in [-0.25, -0.2) is 5.43 Å². The van der Waals surface area contributed by atoms with Crippen molar-refractivity contribution in [3.05, 3.63) is 47.7 Å². The number of rotatable bonds is 5. The van der Waals surface area contributed by atoms with E-state index in [2.05, 4.69) is 15.6 Å². The van der Waals surface area contributed by atoms with Gasteiger partial charge in [-0.05, 0) is 23.8 Å². The van der Waals surface area contributed by atoms with Crippen molar-refractivity contribution in [1.82, 2.24) is 15.6 Å². The van der Waals surface area contributed by atoms with Crippen molar-refractivity contribution in [3.8, 4) is 11.6 Å². The molecule has 0 aliphatic heterocycles. The fourth-order valence-corrected chi connectivity index (χ4v) is 1.74. The highest BCUT2D eigenvalue weighted by Gasteiger charge is 2.14. The van der Waals surface area contributed by atoms with Gasteiger partial charge in [-0.1, -0.05) is 12.1 Å². The standard InChI is InChI=1S/C13H16N4O2/c1-18-10-5-3-9(4-6-10)13(15-14)11-7-8-12(19-2)17-16-11/h3-8,13,15H,14H2,1-2H3. The lowest BCUT2D eigenvalue weighted by atomic mass is 10.0. The smallest absolute Gasteiger partial charge is 0.233 e. The molecule has 0 aliphatic rings. The van der Waals surface area contributed by atoms with E-state index in [1.807, 2.05) is 30.3 Å². The number of nitrogens with two attached hydrogens (primary N) is 1. The summed E-state index contributed by atoms with van der Waals surface area (Å²) in [6, 6.07) is 10.9. The highest BCUT2D eigenvalue weighted by atomic mass is 16.5. The topological polar surface area (TPSA) is 82.3 Å². The second-order valence-corrected chi connectivity index (χ2v) is 3.87. The third kappa shape index (κ3) is 2.98. The minimum Gasteiger partial charge on any atom is -0.497 e. The Morgan fingerprint density at radius 3 is 2.21 bits per heavy atom. The number of hydrogen-bond acceptors (Lipinski definition) is 6. The molecule has 1 aromatic carbocycles. The molecule has 6 nitrogen and oxygen atoms in total. The molecule has 0 spiro atoms. The van der Waals surface area contributed by atoms with E-state index in [4.69, 9.17) is 15.3 Å². The molecular formula is C13H16N4O2. The average molecular weight is 260 g/mol. The van der Waals surface area contributed by atoms with Gasteiger partial charge in [0, 0.05) is 6.07 Å². The normalized spacial score (nSPS) is 11.9. The first kappa shape index (κ1) is 13.3. The highest BCUT2D eigenvalue weighted by Crippen LogP contribution is 2.22. The largest absolute Gasteiger partial charge is 0.497 e. The average Bonchev–Trinajstić information content (AvgIpc) is 2.49. The number of hydrogen-bond donors (Lipinski definition) is 2. The summed E-state index contributed by atoms with van der Waals surface area (Å²) in [5.41, 5.74) is 4.42. The zero-order valence-electron chi connectivity index (χ0n) is 10.8. The molecule has 1 unspecified atom stereocenters. The lowest BCUT2D eigenvalue weighted by molar-refractivity contribution is 0.390. The number of hydrazine groups is 1. The molecule has 0 amide bonds. The maximum Gasteiger partial charge on any atom is 0.233 e. The van der Waals surface area contributed by atoms with Crippen LogP contribution in [0.3, 0.4) is 0 Å². The van der Waals surface area contributed by atoms with Gasteiger partial charge in [0.1, 0.15) is 5.75 Å². The summed E-state index contributed by atoms with van der Waals surface area (Å²) in [6.45, 7) is 0. The minimum atomic E-state index is -0.232. The van der Waals surface area contributed by atoms with E-state index in [0.717, 1.165) is 11.3 Å². The van der Waals surface area contributed by atoms with Crippen LogP contribution in [0.1, 0.15) is 17.3 Å². The molecule has 0 bridgehead atoms. The van der Waals surface area contributed by atoms with Gasteiger partial charge < -0.3 is 9.47 Å². The van der Waals surface area contributed by atoms with Crippen LogP contribution in [0.4, 0.5) is 0 Å². The Bertz CT molecular complexity index is 466. The van der Waals surface area contributed by atoms with Crippen molar-refractivity contribution >= 4 is 0 Å². The number of benzene rings is 1. The van der Waals surface area contributed by atoms with Crippen molar-refractivity contribution in [2.45, 2.75) is 6.04 Å². The van der Waals surface area contributed by atoms with Crippen LogP contribution < -0.4 is 20.7 Å². The summed E-state index contributed by atoms with van der Waals surface area (Å²) >= 11 is 0.